The number of ether oxygens (including phenoxy) is 3. The molecule has 2 rings (SSSR count). The number of halogens is 1. The summed E-state index contributed by atoms with van der Waals surface area (Å²) in [6.45, 7) is 8.13. The van der Waals surface area contributed by atoms with Gasteiger partial charge in [-0.3, -0.25) is 4.79 Å². The Morgan fingerprint density at radius 1 is 0.900 bits per heavy atom. The molecule has 9 heteroatoms. The van der Waals surface area contributed by atoms with Gasteiger partial charge in [-0.1, -0.05) is 91.7 Å². The van der Waals surface area contributed by atoms with E-state index in [1.807, 2.05) is 24.3 Å². The minimum absolute atomic E-state index is 0.0737. The van der Waals surface area contributed by atoms with Gasteiger partial charge in [-0.05, 0) is 51.0 Å². The number of carbonyl (C=O) groups is 3. The van der Waals surface area contributed by atoms with Crippen molar-refractivity contribution in [3.8, 4) is 5.75 Å². The molecule has 1 atom stereocenters. The van der Waals surface area contributed by atoms with Crippen molar-refractivity contribution in [1.29, 1.82) is 0 Å². The lowest BCUT2D eigenvalue weighted by Crippen LogP contribution is -2.49. The molecule has 8 nitrogen and oxygen atoms in total. The van der Waals surface area contributed by atoms with Crippen LogP contribution in [0.1, 0.15) is 83.8 Å². The predicted octanol–water partition coefficient (Wildman–Crippen LogP) is 7.47. The molecule has 0 unspecified atom stereocenters. The van der Waals surface area contributed by atoms with Gasteiger partial charge in [0.15, 0.2) is 0 Å². The highest BCUT2D eigenvalue weighted by Gasteiger charge is 2.24. The fraction of sp³-hybridized carbons (Fsp3) is 0.516. The molecule has 0 spiro atoms. The van der Waals surface area contributed by atoms with Gasteiger partial charge in [0, 0.05) is 23.0 Å². The monoisotopic (exact) mass is 618 g/mol. The van der Waals surface area contributed by atoms with Gasteiger partial charge in [-0.2, -0.15) is 0 Å². The normalized spacial score (nSPS) is 11.8. The standard InChI is InChI=1S/C31H43BrN2O6/c1-5-6-7-8-9-10-13-20-33-28(35)27(34-29(36)40-31(2,3)4)21-23-16-18-25(19-17-23)39-30(37)38-22-24-14-11-12-15-26(24)32/h11-12,14-19,27H,5-10,13,20-22H2,1-4H3,(H,33,35)(H,34,36)/t27-/m0/s1. The average molecular weight is 620 g/mol. The quantitative estimate of drug-likeness (QED) is 0.122. The van der Waals surface area contributed by atoms with Crippen LogP contribution < -0.4 is 15.4 Å². The molecule has 2 aromatic rings. The van der Waals surface area contributed by atoms with Crippen LogP contribution in [0, 0.1) is 0 Å². The van der Waals surface area contributed by atoms with Crippen molar-refractivity contribution in [1.82, 2.24) is 10.6 Å². The third-order valence-electron chi connectivity index (χ3n) is 5.95. The molecule has 0 fully saturated rings. The Morgan fingerprint density at radius 2 is 1.55 bits per heavy atom. The third kappa shape index (κ3) is 13.8. The highest BCUT2D eigenvalue weighted by molar-refractivity contribution is 9.10. The highest BCUT2D eigenvalue weighted by atomic mass is 79.9. The molecule has 0 saturated heterocycles. The molecule has 40 heavy (non-hydrogen) atoms. The third-order valence-corrected chi connectivity index (χ3v) is 6.73. The summed E-state index contributed by atoms with van der Waals surface area (Å²) in [6, 6.07) is 13.3. The predicted molar refractivity (Wildman–Crippen MR) is 159 cm³/mol. The molecule has 0 saturated carbocycles. The molecule has 0 aliphatic rings. The smallest absolute Gasteiger partial charge is 0.444 e. The van der Waals surface area contributed by atoms with Gasteiger partial charge in [-0.25, -0.2) is 9.59 Å². The number of carbonyl (C=O) groups excluding carboxylic acids is 3. The number of hydrogen-bond acceptors (Lipinski definition) is 6. The maximum atomic E-state index is 13.0. The molecule has 0 aromatic heterocycles. The van der Waals surface area contributed by atoms with E-state index in [0.717, 1.165) is 34.9 Å². The number of rotatable bonds is 15. The zero-order valence-corrected chi connectivity index (χ0v) is 25.7. The number of alkyl carbamates (subject to hydrolysis) is 1. The molecule has 2 aromatic carbocycles. The Kier molecular flexibility index (Phi) is 14.6. The van der Waals surface area contributed by atoms with Crippen LogP contribution in [-0.2, 0) is 27.3 Å². The molecular weight excluding hydrogens is 576 g/mol. The number of amides is 2. The van der Waals surface area contributed by atoms with Crippen LogP contribution in [0.5, 0.6) is 5.75 Å². The van der Waals surface area contributed by atoms with Gasteiger partial charge in [0.25, 0.3) is 0 Å². The SMILES string of the molecule is CCCCCCCCCNC(=O)[C@H](Cc1ccc(OC(=O)OCc2ccccc2Br)cc1)NC(=O)OC(C)(C)C. The van der Waals surface area contributed by atoms with E-state index >= 15 is 0 Å². The average Bonchev–Trinajstić information content (AvgIpc) is 2.89. The fourth-order valence-corrected chi connectivity index (χ4v) is 4.28. The Hall–Kier alpha value is -3.07. The minimum atomic E-state index is -0.822. The van der Waals surface area contributed by atoms with Crippen molar-refractivity contribution in [2.24, 2.45) is 0 Å². The second-order valence-electron chi connectivity index (χ2n) is 10.7. The second kappa shape index (κ2) is 17.6. The molecule has 0 aliphatic carbocycles. The van der Waals surface area contributed by atoms with Crippen molar-refractivity contribution < 1.29 is 28.6 Å². The molecule has 0 radical (unpaired) electrons. The van der Waals surface area contributed by atoms with Crippen LogP contribution in [0.4, 0.5) is 9.59 Å². The van der Waals surface area contributed by atoms with Crippen molar-refractivity contribution in [2.45, 2.75) is 97.3 Å². The Morgan fingerprint density at radius 3 is 2.20 bits per heavy atom. The van der Waals surface area contributed by atoms with Crippen LogP contribution in [0.25, 0.3) is 0 Å². The molecule has 0 aliphatic heterocycles. The van der Waals surface area contributed by atoms with E-state index in [1.54, 1.807) is 45.0 Å². The zero-order valence-electron chi connectivity index (χ0n) is 24.1. The van der Waals surface area contributed by atoms with Gasteiger partial charge >= 0.3 is 12.2 Å². The van der Waals surface area contributed by atoms with E-state index < -0.39 is 23.9 Å². The van der Waals surface area contributed by atoms with E-state index in [4.69, 9.17) is 14.2 Å². The Balaban J connectivity index is 1.90. The van der Waals surface area contributed by atoms with Gasteiger partial charge in [0.05, 0.1) is 0 Å². The lowest BCUT2D eigenvalue weighted by molar-refractivity contribution is -0.123. The lowest BCUT2D eigenvalue weighted by atomic mass is 10.0. The van der Waals surface area contributed by atoms with Gasteiger partial charge in [-0.15, -0.1) is 0 Å². The van der Waals surface area contributed by atoms with Gasteiger partial charge in [0.1, 0.15) is 24.0 Å². The summed E-state index contributed by atoms with van der Waals surface area (Å²) in [4.78, 5) is 37.5. The second-order valence-corrected chi connectivity index (χ2v) is 11.5. The Labute approximate surface area is 246 Å². The first-order valence-corrected chi connectivity index (χ1v) is 14.8. The first kappa shape index (κ1) is 33.1. The van der Waals surface area contributed by atoms with Crippen LogP contribution in [0.15, 0.2) is 53.0 Å². The molecule has 0 heterocycles. The van der Waals surface area contributed by atoms with E-state index in [1.165, 1.54) is 25.7 Å². The van der Waals surface area contributed by atoms with E-state index in [0.29, 0.717) is 12.3 Å². The summed E-state index contributed by atoms with van der Waals surface area (Å²) in [5.74, 6) is 0.0359. The molecule has 0 bridgehead atoms. The number of benzene rings is 2. The summed E-state index contributed by atoms with van der Waals surface area (Å²) in [7, 11) is 0. The molecular formula is C31H43BrN2O6. The summed E-state index contributed by atoms with van der Waals surface area (Å²) < 4.78 is 16.7. The van der Waals surface area contributed by atoms with Crippen LogP contribution in [0.2, 0.25) is 0 Å². The summed E-state index contributed by atoms with van der Waals surface area (Å²) in [5.41, 5.74) is 0.914. The van der Waals surface area contributed by atoms with Crippen LogP contribution in [0.3, 0.4) is 0 Å². The minimum Gasteiger partial charge on any atom is -0.444 e. The lowest BCUT2D eigenvalue weighted by Gasteiger charge is -2.23. The summed E-state index contributed by atoms with van der Waals surface area (Å²) >= 11 is 3.42. The zero-order chi connectivity index (χ0) is 29.4. The van der Waals surface area contributed by atoms with Gasteiger partial charge < -0.3 is 24.8 Å². The van der Waals surface area contributed by atoms with Crippen LogP contribution >= 0.6 is 15.9 Å². The van der Waals surface area contributed by atoms with E-state index in [2.05, 4.69) is 33.5 Å². The fourth-order valence-electron chi connectivity index (χ4n) is 3.88. The number of unbranched alkanes of at least 4 members (excludes halogenated alkanes) is 6. The van der Waals surface area contributed by atoms with E-state index in [-0.39, 0.29) is 18.9 Å². The van der Waals surface area contributed by atoms with Crippen molar-refractivity contribution in [3.63, 3.8) is 0 Å². The first-order valence-electron chi connectivity index (χ1n) is 14.0. The summed E-state index contributed by atoms with van der Waals surface area (Å²) in [5, 5.41) is 5.64. The molecule has 2 amide bonds. The number of nitrogens with one attached hydrogen (secondary N) is 2. The molecule has 220 valence electrons. The largest absolute Gasteiger partial charge is 0.514 e. The maximum absolute atomic E-state index is 13.0. The maximum Gasteiger partial charge on any atom is 0.514 e. The van der Waals surface area contributed by atoms with E-state index in [9.17, 15) is 14.4 Å². The summed E-state index contributed by atoms with van der Waals surface area (Å²) in [6.07, 6.45) is 6.82. The van der Waals surface area contributed by atoms with Crippen molar-refractivity contribution in [3.05, 3.63) is 64.1 Å². The van der Waals surface area contributed by atoms with Gasteiger partial charge in [0.2, 0.25) is 5.91 Å². The topological polar surface area (TPSA) is 103 Å². The van der Waals surface area contributed by atoms with Crippen LogP contribution in [-0.4, -0.2) is 36.3 Å². The highest BCUT2D eigenvalue weighted by Crippen LogP contribution is 2.18. The van der Waals surface area contributed by atoms with Crippen molar-refractivity contribution >= 4 is 34.1 Å². The number of hydrogen-bond donors (Lipinski definition) is 2. The first-order chi connectivity index (χ1) is 19.1. The van der Waals surface area contributed by atoms with Crippen molar-refractivity contribution in [2.75, 3.05) is 6.54 Å². The molecule has 2 N–H and O–H groups in total. The Bertz CT molecular complexity index is 1070.